The van der Waals surface area contributed by atoms with Crippen molar-refractivity contribution in [2.24, 2.45) is 0 Å². The number of hydrogen-bond donors (Lipinski definition) is 1. The predicted octanol–water partition coefficient (Wildman–Crippen LogP) is 3.26. The minimum Gasteiger partial charge on any atom is -0.467 e. The summed E-state index contributed by atoms with van der Waals surface area (Å²) in [6.07, 6.45) is 3.35. The van der Waals surface area contributed by atoms with Crippen molar-refractivity contribution < 1.29 is 9.21 Å². The molecule has 0 spiro atoms. The zero-order chi connectivity index (χ0) is 15.5. The molecule has 0 aliphatic carbocycles. The quantitative estimate of drug-likeness (QED) is 0.803. The normalized spacial score (nSPS) is 12.1. The molecule has 3 rings (SSSR count). The van der Waals surface area contributed by atoms with Crippen LogP contribution in [0.2, 0.25) is 0 Å². The number of aryl methyl sites for hydroxylation is 1. The Morgan fingerprint density at radius 2 is 2.00 bits per heavy atom. The fraction of sp³-hybridized carbons (Fsp3) is 0.176. The first-order valence-corrected chi connectivity index (χ1v) is 7.10. The Morgan fingerprint density at radius 1 is 1.23 bits per heavy atom. The number of amides is 1. The lowest BCUT2D eigenvalue weighted by Gasteiger charge is -2.12. The summed E-state index contributed by atoms with van der Waals surface area (Å²) in [7, 11) is 0. The molecule has 0 aliphatic heterocycles. The summed E-state index contributed by atoms with van der Waals surface area (Å²) in [6, 6.07) is 12.8. The summed E-state index contributed by atoms with van der Waals surface area (Å²) in [5, 5.41) is 7.16. The van der Waals surface area contributed by atoms with Crippen molar-refractivity contribution in [3.63, 3.8) is 0 Å². The Morgan fingerprint density at radius 3 is 2.59 bits per heavy atom. The van der Waals surface area contributed by atoms with E-state index in [9.17, 15) is 4.79 Å². The highest BCUT2D eigenvalue weighted by atomic mass is 16.3. The van der Waals surface area contributed by atoms with Crippen LogP contribution in [0, 0.1) is 6.92 Å². The topological polar surface area (TPSA) is 60.1 Å². The van der Waals surface area contributed by atoms with Gasteiger partial charge in [0.25, 0.3) is 5.91 Å². The number of carbonyl (C=O) groups excluding carboxylic acids is 1. The molecule has 0 radical (unpaired) electrons. The summed E-state index contributed by atoms with van der Waals surface area (Å²) in [5.74, 6) is 0.602. The molecule has 5 nitrogen and oxygen atoms in total. The second kappa shape index (κ2) is 5.89. The maximum absolute atomic E-state index is 12.2. The minimum atomic E-state index is -0.171. The Kier molecular flexibility index (Phi) is 3.78. The van der Waals surface area contributed by atoms with Crippen LogP contribution in [-0.2, 0) is 0 Å². The highest BCUT2D eigenvalue weighted by Gasteiger charge is 2.13. The molecule has 1 N–H and O–H groups in total. The number of benzene rings is 1. The van der Waals surface area contributed by atoms with Gasteiger partial charge in [-0.1, -0.05) is 0 Å². The van der Waals surface area contributed by atoms with Crippen molar-refractivity contribution in [2.75, 3.05) is 0 Å². The molecule has 0 fully saturated rings. The molecule has 3 aromatic rings. The summed E-state index contributed by atoms with van der Waals surface area (Å²) in [4.78, 5) is 12.2. The Balaban J connectivity index is 1.73. The van der Waals surface area contributed by atoms with Gasteiger partial charge in [-0.2, -0.15) is 5.10 Å². The van der Waals surface area contributed by atoms with E-state index in [0.717, 1.165) is 17.1 Å². The lowest BCUT2D eigenvalue weighted by molar-refractivity contribution is 0.0935. The Labute approximate surface area is 128 Å². The molecule has 112 valence electrons. The lowest BCUT2D eigenvalue weighted by Crippen LogP contribution is -2.26. The largest absolute Gasteiger partial charge is 0.467 e. The SMILES string of the molecule is Cc1ccnn1-c1ccc(C(=O)N[C@H](C)c2ccco2)cc1. The first kappa shape index (κ1) is 14.1. The van der Waals surface area contributed by atoms with Gasteiger partial charge in [-0.3, -0.25) is 4.79 Å². The smallest absolute Gasteiger partial charge is 0.251 e. The summed E-state index contributed by atoms with van der Waals surface area (Å²) in [5.41, 5.74) is 2.58. The standard InChI is InChI=1S/C17H17N3O2/c1-12-9-10-18-20(12)15-7-5-14(6-8-15)17(21)19-13(2)16-4-3-11-22-16/h3-11,13H,1-2H3,(H,19,21)/t13-/m1/s1. The van der Waals surface area contributed by atoms with E-state index in [4.69, 9.17) is 4.42 Å². The second-order valence-electron chi connectivity index (χ2n) is 5.14. The van der Waals surface area contributed by atoms with Gasteiger partial charge in [0.1, 0.15) is 5.76 Å². The zero-order valence-corrected chi connectivity index (χ0v) is 12.5. The van der Waals surface area contributed by atoms with Crippen molar-refractivity contribution in [1.82, 2.24) is 15.1 Å². The molecule has 0 aliphatic rings. The van der Waals surface area contributed by atoms with Gasteiger partial charge in [0, 0.05) is 17.5 Å². The average Bonchev–Trinajstić information content (AvgIpc) is 3.18. The van der Waals surface area contributed by atoms with E-state index in [1.54, 1.807) is 30.7 Å². The fourth-order valence-corrected chi connectivity index (χ4v) is 2.28. The van der Waals surface area contributed by atoms with E-state index < -0.39 is 0 Å². The first-order chi connectivity index (χ1) is 10.6. The molecule has 0 saturated carbocycles. The van der Waals surface area contributed by atoms with Gasteiger partial charge in [0.2, 0.25) is 0 Å². The molecular weight excluding hydrogens is 278 g/mol. The molecule has 0 unspecified atom stereocenters. The molecule has 1 atom stereocenters. The van der Waals surface area contributed by atoms with Gasteiger partial charge in [-0.05, 0) is 56.3 Å². The number of aromatic nitrogens is 2. The van der Waals surface area contributed by atoms with Crippen molar-refractivity contribution in [3.05, 3.63) is 71.9 Å². The van der Waals surface area contributed by atoms with Crippen LogP contribution in [-0.4, -0.2) is 15.7 Å². The molecule has 1 amide bonds. The number of nitrogens with zero attached hydrogens (tertiary/aromatic N) is 2. The Bertz CT molecular complexity index is 758. The number of hydrogen-bond acceptors (Lipinski definition) is 3. The zero-order valence-electron chi connectivity index (χ0n) is 12.5. The van der Waals surface area contributed by atoms with Crippen LogP contribution in [0.15, 0.2) is 59.3 Å². The van der Waals surface area contributed by atoms with Crippen LogP contribution in [0.4, 0.5) is 0 Å². The molecule has 2 heterocycles. The average molecular weight is 295 g/mol. The van der Waals surface area contributed by atoms with Gasteiger partial charge in [-0.15, -0.1) is 0 Å². The van der Waals surface area contributed by atoms with Crippen LogP contribution < -0.4 is 5.32 Å². The van der Waals surface area contributed by atoms with Gasteiger partial charge < -0.3 is 9.73 Å². The maximum atomic E-state index is 12.2. The first-order valence-electron chi connectivity index (χ1n) is 7.10. The highest BCUT2D eigenvalue weighted by molar-refractivity contribution is 5.94. The van der Waals surface area contributed by atoms with Gasteiger partial charge in [0.05, 0.1) is 18.0 Å². The van der Waals surface area contributed by atoms with E-state index in [2.05, 4.69) is 10.4 Å². The third-order valence-corrected chi connectivity index (χ3v) is 3.52. The molecule has 2 aromatic heterocycles. The van der Waals surface area contributed by atoms with Crippen molar-refractivity contribution in [1.29, 1.82) is 0 Å². The number of rotatable bonds is 4. The van der Waals surface area contributed by atoms with Crippen LogP contribution >= 0.6 is 0 Å². The number of furan rings is 1. The van der Waals surface area contributed by atoms with Crippen molar-refractivity contribution in [3.8, 4) is 5.69 Å². The maximum Gasteiger partial charge on any atom is 0.251 e. The van der Waals surface area contributed by atoms with E-state index in [1.165, 1.54) is 0 Å². The molecule has 22 heavy (non-hydrogen) atoms. The summed E-state index contributed by atoms with van der Waals surface area (Å²) >= 11 is 0. The molecule has 0 bridgehead atoms. The molecule has 0 saturated heterocycles. The van der Waals surface area contributed by atoms with E-state index in [0.29, 0.717) is 5.56 Å². The second-order valence-corrected chi connectivity index (χ2v) is 5.14. The van der Waals surface area contributed by atoms with Crippen LogP contribution in [0.1, 0.15) is 34.8 Å². The van der Waals surface area contributed by atoms with Crippen LogP contribution in [0.3, 0.4) is 0 Å². The van der Waals surface area contributed by atoms with E-state index >= 15 is 0 Å². The Hall–Kier alpha value is -2.82. The van der Waals surface area contributed by atoms with E-state index in [1.807, 2.05) is 42.8 Å². The lowest BCUT2D eigenvalue weighted by atomic mass is 10.1. The highest BCUT2D eigenvalue weighted by Crippen LogP contribution is 2.15. The van der Waals surface area contributed by atoms with E-state index in [-0.39, 0.29) is 11.9 Å². The van der Waals surface area contributed by atoms with Crippen LogP contribution in [0.5, 0.6) is 0 Å². The summed E-state index contributed by atoms with van der Waals surface area (Å²) < 4.78 is 7.11. The van der Waals surface area contributed by atoms with Gasteiger partial charge >= 0.3 is 0 Å². The third-order valence-electron chi connectivity index (χ3n) is 3.52. The molecule has 1 aromatic carbocycles. The van der Waals surface area contributed by atoms with Gasteiger partial charge in [-0.25, -0.2) is 4.68 Å². The summed E-state index contributed by atoms with van der Waals surface area (Å²) in [6.45, 7) is 3.87. The van der Waals surface area contributed by atoms with Crippen molar-refractivity contribution >= 4 is 5.91 Å². The fourth-order valence-electron chi connectivity index (χ4n) is 2.28. The monoisotopic (exact) mass is 295 g/mol. The predicted molar refractivity (Wildman–Crippen MR) is 82.9 cm³/mol. The third kappa shape index (κ3) is 2.79. The van der Waals surface area contributed by atoms with Crippen molar-refractivity contribution in [2.45, 2.75) is 19.9 Å². The minimum absolute atomic E-state index is 0.132. The van der Waals surface area contributed by atoms with Gasteiger partial charge in [0.15, 0.2) is 0 Å². The molecule has 5 heteroatoms. The number of nitrogens with one attached hydrogen (secondary N) is 1. The van der Waals surface area contributed by atoms with Crippen LogP contribution in [0.25, 0.3) is 5.69 Å². The number of carbonyl (C=O) groups is 1. The molecular formula is C17H17N3O2.